The lowest BCUT2D eigenvalue weighted by Gasteiger charge is -2.40. The fourth-order valence-corrected chi connectivity index (χ4v) is 24.4. The molecule has 1 unspecified atom stereocenters. The average Bonchev–Trinajstić information content (AvgIpc) is 1.49. The van der Waals surface area contributed by atoms with Gasteiger partial charge in [0.2, 0.25) is 0 Å². The van der Waals surface area contributed by atoms with Crippen LogP contribution in [0.15, 0.2) is 167 Å². The van der Waals surface area contributed by atoms with Gasteiger partial charge in [0.1, 0.15) is 22.3 Å². The second kappa shape index (κ2) is 41.2. The highest BCUT2D eigenvalue weighted by Gasteiger charge is 2.55. The molecule has 0 spiro atoms. The van der Waals surface area contributed by atoms with Crippen LogP contribution in [0.4, 0.5) is 17.1 Å². The molecule has 3 nitrogen and oxygen atoms in total. The molecule has 638 valence electrons. The van der Waals surface area contributed by atoms with E-state index in [2.05, 4.69) is 225 Å². The molecule has 0 aliphatic heterocycles. The topological polar surface area (TPSA) is 29.5 Å². The lowest BCUT2D eigenvalue weighted by molar-refractivity contribution is 0.369. The quantitative estimate of drug-likeness (QED) is 0.0356. The highest BCUT2D eigenvalue weighted by Crippen LogP contribution is 2.69. The molecule has 0 amide bonds. The maximum Gasteiger partial charge on any atom is 0.144 e. The fraction of sp³-hybridized carbons (Fsp3) is 0.538. The van der Waals surface area contributed by atoms with Crippen molar-refractivity contribution in [3.8, 4) is 44.5 Å². The van der Waals surface area contributed by atoms with Gasteiger partial charge in [0.05, 0.1) is 0 Å². The van der Waals surface area contributed by atoms with E-state index in [9.17, 15) is 0 Å². The van der Waals surface area contributed by atoms with Crippen molar-refractivity contribution in [2.24, 2.45) is 0 Å². The minimum atomic E-state index is -0.260. The predicted molar refractivity (Wildman–Crippen MR) is 522 cm³/mol. The first kappa shape index (κ1) is 87.3. The van der Waals surface area contributed by atoms with E-state index < -0.39 is 0 Å². The van der Waals surface area contributed by atoms with Gasteiger partial charge in [-0.25, -0.2) is 0 Å². The molecule has 4 aliphatic carbocycles. The highest BCUT2D eigenvalue weighted by atomic mass is 16.3. The number of hydrogen-bond donors (Lipinski definition) is 0. The molecule has 2 heterocycles. The average molecular weight is 1610 g/mol. The van der Waals surface area contributed by atoms with Gasteiger partial charge in [-0.15, -0.1) is 0 Å². The number of benzene rings is 9. The van der Waals surface area contributed by atoms with Crippen molar-refractivity contribution in [2.75, 3.05) is 4.90 Å². The van der Waals surface area contributed by atoms with Crippen LogP contribution in [0.1, 0.15) is 427 Å². The Morgan fingerprint density at radius 3 is 1.08 bits per heavy atom. The van der Waals surface area contributed by atoms with Gasteiger partial charge in [-0.1, -0.05) is 422 Å². The van der Waals surface area contributed by atoms with Crippen LogP contribution in [-0.4, -0.2) is 0 Å². The number of anilines is 3. The summed E-state index contributed by atoms with van der Waals surface area (Å²) in [6.07, 6.45) is 63.2. The third kappa shape index (κ3) is 17.3. The first-order chi connectivity index (χ1) is 59.1. The Morgan fingerprint density at radius 2 is 0.583 bits per heavy atom. The summed E-state index contributed by atoms with van der Waals surface area (Å²) in [5, 5.41) is 5.25. The fourth-order valence-electron chi connectivity index (χ4n) is 24.4. The Hall–Kier alpha value is -7.62. The molecule has 0 fully saturated rings. The van der Waals surface area contributed by atoms with Gasteiger partial charge in [-0.3, -0.25) is 0 Å². The molecule has 0 N–H and O–H groups in total. The molecule has 4 aliphatic rings. The monoisotopic (exact) mass is 1600 g/mol. The molecule has 2 aromatic heterocycles. The van der Waals surface area contributed by atoms with Crippen LogP contribution in [0.5, 0.6) is 0 Å². The van der Waals surface area contributed by atoms with E-state index in [-0.39, 0.29) is 21.7 Å². The van der Waals surface area contributed by atoms with Gasteiger partial charge in [0.25, 0.3) is 0 Å². The Bertz CT molecular complexity index is 5120. The Morgan fingerprint density at radius 1 is 0.233 bits per heavy atom. The van der Waals surface area contributed by atoms with Crippen LogP contribution in [0, 0.1) is 6.92 Å². The number of unbranched alkanes of at least 4 members (excludes halogenated alkanes) is 34. The van der Waals surface area contributed by atoms with Gasteiger partial charge < -0.3 is 13.7 Å². The van der Waals surface area contributed by atoms with E-state index >= 15 is 0 Å². The van der Waals surface area contributed by atoms with Crippen LogP contribution >= 0.6 is 0 Å². The highest BCUT2D eigenvalue weighted by molar-refractivity contribution is 6.21. The van der Waals surface area contributed by atoms with Crippen molar-refractivity contribution in [2.45, 2.75) is 405 Å². The van der Waals surface area contributed by atoms with Crippen LogP contribution in [0.3, 0.4) is 0 Å². The first-order valence-electron chi connectivity index (χ1n) is 50.6. The van der Waals surface area contributed by atoms with E-state index in [4.69, 9.17) is 8.83 Å². The summed E-state index contributed by atoms with van der Waals surface area (Å²) >= 11 is 0. The lowest BCUT2D eigenvalue weighted by atomic mass is 9.62. The second-order valence-electron chi connectivity index (χ2n) is 38.7. The molecule has 120 heavy (non-hydrogen) atoms. The largest absolute Gasteiger partial charge is 0.456 e. The van der Waals surface area contributed by atoms with Crippen LogP contribution in [-0.2, 0) is 21.7 Å². The van der Waals surface area contributed by atoms with Gasteiger partial charge in [0, 0.05) is 65.8 Å². The molecule has 0 saturated heterocycles. The number of rotatable bonds is 53. The SMILES string of the molecule is CCCCCCCCC1(CCCCCC)c2cc(N(c3ccc(C)cc3)c3ccc4c(c3)C(CCCCCCC)(CCCCCCC)c3c5c(c6c(oc7ccccc76)c3-4)-c3ccccc3C5(CCCCCCC)CCCCCCC)ccc2-c2cc3c(cc21)-c1c(ccc2oc4ccccc4c12)C3(CCCCCCCC)CCCCCCCC. The number of nitrogens with zero attached hydrogens (tertiary/aromatic N) is 1. The van der Waals surface area contributed by atoms with Gasteiger partial charge >= 0.3 is 0 Å². The van der Waals surface area contributed by atoms with E-state index in [1.165, 1.54) is 384 Å². The Labute approximate surface area is 727 Å². The van der Waals surface area contributed by atoms with Crippen LogP contribution in [0.25, 0.3) is 88.4 Å². The van der Waals surface area contributed by atoms with E-state index in [0.717, 1.165) is 48.0 Å². The summed E-state index contributed by atoms with van der Waals surface area (Å²) < 4.78 is 14.8. The molecule has 15 rings (SSSR count). The number of aryl methyl sites for hydroxylation is 1. The maximum atomic E-state index is 7.77. The smallest absolute Gasteiger partial charge is 0.144 e. The molecular formula is C117H153NO2. The van der Waals surface area contributed by atoms with Crippen molar-refractivity contribution >= 4 is 60.9 Å². The van der Waals surface area contributed by atoms with Gasteiger partial charge in [-0.2, -0.15) is 0 Å². The maximum absolute atomic E-state index is 7.77. The molecule has 0 bridgehead atoms. The van der Waals surface area contributed by atoms with E-state index in [0.29, 0.717) is 0 Å². The third-order valence-corrected chi connectivity index (χ3v) is 30.6. The number of para-hydroxylation sites is 2. The van der Waals surface area contributed by atoms with Crippen LogP contribution in [0.2, 0.25) is 0 Å². The minimum absolute atomic E-state index is 0.104. The Kier molecular flexibility index (Phi) is 30.0. The summed E-state index contributed by atoms with van der Waals surface area (Å²) in [6.45, 7) is 21.4. The van der Waals surface area contributed by atoms with E-state index in [1.54, 1.807) is 44.5 Å². The zero-order valence-electron chi connectivity index (χ0n) is 76.6. The zero-order chi connectivity index (χ0) is 82.9. The predicted octanol–water partition coefficient (Wildman–Crippen LogP) is 38.0. The van der Waals surface area contributed by atoms with E-state index in [1.807, 2.05) is 0 Å². The molecule has 3 heteroatoms. The summed E-state index contributed by atoms with van der Waals surface area (Å²) in [5.74, 6) is 0. The van der Waals surface area contributed by atoms with Crippen LogP contribution < -0.4 is 4.90 Å². The summed E-state index contributed by atoms with van der Waals surface area (Å²) in [7, 11) is 0. The van der Waals surface area contributed by atoms with Crippen molar-refractivity contribution in [1.82, 2.24) is 0 Å². The van der Waals surface area contributed by atoms with Crippen molar-refractivity contribution < 1.29 is 8.83 Å². The number of fused-ring (bicyclic) bond motifs is 22. The Balaban J connectivity index is 0.975. The first-order valence-corrected chi connectivity index (χ1v) is 50.6. The van der Waals surface area contributed by atoms with Crippen molar-refractivity contribution in [3.05, 3.63) is 208 Å². The lowest BCUT2D eigenvalue weighted by Crippen LogP contribution is -2.33. The molecule has 0 saturated carbocycles. The third-order valence-electron chi connectivity index (χ3n) is 30.6. The molecule has 0 radical (unpaired) electrons. The molecule has 9 aromatic carbocycles. The normalized spacial score (nSPS) is 15.4. The number of furan rings is 2. The summed E-state index contributed by atoms with van der Waals surface area (Å²) in [5.41, 5.74) is 33.4. The van der Waals surface area contributed by atoms with Crippen molar-refractivity contribution in [3.63, 3.8) is 0 Å². The zero-order valence-corrected chi connectivity index (χ0v) is 76.6. The molecule has 11 aromatic rings. The standard InChI is InChI=1S/C117H153NO2/c1-10-18-26-34-41-51-74-114(75-52-42-35-27-19-11-2)98-72-73-105-107(93-59-45-48-62-103(93)119-105)106(98)96-85-101-95(84-102(96)114)90-70-68-88(82-99(90)115(101,76-50-33-25-17-8)77-53-43-36-28-20-12-3)118(87-66-64-86(9)65-67-87)89-69-71-92-100(83-89)117(80-56-39-31-23-15-6,81-57-40-32-24-16-7)112-110(92)113-109(94-60-46-49-63-104(94)120-113)108-91-58-44-47-61-97(91)116(111(108)112,78-54-37-29-21-13-4)79-55-38-30-22-14-5/h44-49,58-73,82-85H,10-43,50-57,74-81H2,1-9H3. The second-order valence-corrected chi connectivity index (χ2v) is 38.7. The van der Waals surface area contributed by atoms with Gasteiger partial charge in [-0.05, 0) is 208 Å². The van der Waals surface area contributed by atoms with Crippen molar-refractivity contribution in [1.29, 1.82) is 0 Å². The molecule has 1 atom stereocenters. The summed E-state index contributed by atoms with van der Waals surface area (Å²) in [4.78, 5) is 2.77. The summed E-state index contributed by atoms with van der Waals surface area (Å²) in [6, 6.07) is 64.9. The minimum Gasteiger partial charge on any atom is -0.456 e. The number of hydrogen-bond acceptors (Lipinski definition) is 3. The molecular weight excluding hydrogens is 1450 g/mol. The van der Waals surface area contributed by atoms with Gasteiger partial charge in [0.15, 0.2) is 0 Å².